The summed E-state index contributed by atoms with van der Waals surface area (Å²) in [5.74, 6) is -0.650. The third kappa shape index (κ3) is 2.71. The van der Waals surface area contributed by atoms with Gasteiger partial charge in [0, 0.05) is 5.56 Å². The zero-order chi connectivity index (χ0) is 13.8. The lowest BCUT2D eigenvalue weighted by molar-refractivity contribution is 0.0597. The quantitative estimate of drug-likeness (QED) is 0.623. The van der Waals surface area contributed by atoms with Crippen LogP contribution in [0.4, 0.5) is 0 Å². The predicted molar refractivity (Wildman–Crippen MR) is 73.2 cm³/mol. The lowest BCUT2D eigenvalue weighted by Crippen LogP contribution is -2.08. The number of hydrogen-bond acceptors (Lipinski definition) is 3. The Kier molecular flexibility index (Phi) is 3.76. The van der Waals surface area contributed by atoms with E-state index in [4.69, 9.17) is 0 Å². The molecule has 96 valence electrons. The van der Waals surface area contributed by atoms with Crippen molar-refractivity contribution < 1.29 is 14.3 Å². The van der Waals surface area contributed by atoms with Gasteiger partial charge in [0.1, 0.15) is 0 Å². The van der Waals surface area contributed by atoms with Crippen LogP contribution in [0.25, 0.3) is 11.1 Å². The maximum atomic E-state index is 11.7. The highest BCUT2D eigenvalue weighted by Crippen LogP contribution is 2.23. The van der Waals surface area contributed by atoms with E-state index in [2.05, 4.69) is 4.74 Å². The standard InChI is InChI=1S/C16H14O3/c1-11(17)15-10-13(12-6-4-3-5-7-12)8-9-14(15)16(18)19-2/h3-10H,1-2H3. The SMILES string of the molecule is COC(=O)c1ccc(-c2ccccc2)cc1C(C)=O. The molecule has 2 aromatic rings. The summed E-state index contributed by atoms with van der Waals surface area (Å²) in [6, 6.07) is 14.9. The van der Waals surface area contributed by atoms with Crippen molar-refractivity contribution in [2.24, 2.45) is 0 Å². The maximum absolute atomic E-state index is 11.7. The second-order valence-electron chi connectivity index (χ2n) is 4.17. The molecule has 0 unspecified atom stereocenters. The van der Waals surface area contributed by atoms with Crippen LogP contribution in [0.3, 0.4) is 0 Å². The number of methoxy groups -OCH3 is 1. The Morgan fingerprint density at radius 3 is 2.16 bits per heavy atom. The fourth-order valence-corrected chi connectivity index (χ4v) is 1.93. The van der Waals surface area contributed by atoms with Gasteiger partial charge in [-0.25, -0.2) is 4.79 Å². The van der Waals surface area contributed by atoms with Gasteiger partial charge < -0.3 is 4.74 Å². The van der Waals surface area contributed by atoms with Gasteiger partial charge in [-0.3, -0.25) is 4.79 Å². The number of carbonyl (C=O) groups excluding carboxylic acids is 2. The van der Waals surface area contributed by atoms with E-state index in [9.17, 15) is 9.59 Å². The summed E-state index contributed by atoms with van der Waals surface area (Å²) in [5.41, 5.74) is 2.59. The Labute approximate surface area is 111 Å². The summed E-state index contributed by atoms with van der Waals surface area (Å²) in [6.45, 7) is 1.44. The fourth-order valence-electron chi connectivity index (χ4n) is 1.93. The largest absolute Gasteiger partial charge is 0.465 e. The number of ether oxygens (including phenoxy) is 1. The van der Waals surface area contributed by atoms with Gasteiger partial charge >= 0.3 is 5.97 Å². The van der Waals surface area contributed by atoms with E-state index in [1.807, 2.05) is 36.4 Å². The van der Waals surface area contributed by atoms with E-state index in [0.717, 1.165) is 11.1 Å². The molecule has 0 aromatic heterocycles. The van der Waals surface area contributed by atoms with Gasteiger partial charge in [-0.05, 0) is 30.2 Å². The average molecular weight is 254 g/mol. The Balaban J connectivity index is 2.54. The molecule has 19 heavy (non-hydrogen) atoms. The van der Waals surface area contributed by atoms with E-state index in [0.29, 0.717) is 11.1 Å². The molecular weight excluding hydrogens is 240 g/mol. The smallest absolute Gasteiger partial charge is 0.338 e. The van der Waals surface area contributed by atoms with Crippen molar-refractivity contribution in [1.82, 2.24) is 0 Å². The Bertz CT molecular complexity index is 615. The van der Waals surface area contributed by atoms with Crippen LogP contribution >= 0.6 is 0 Å². The Hall–Kier alpha value is -2.42. The highest BCUT2D eigenvalue weighted by molar-refractivity contribution is 6.06. The number of hydrogen-bond donors (Lipinski definition) is 0. The average Bonchev–Trinajstić information content (AvgIpc) is 2.46. The lowest BCUT2D eigenvalue weighted by atomic mass is 9.97. The molecule has 0 saturated carbocycles. The third-order valence-electron chi connectivity index (χ3n) is 2.91. The number of benzene rings is 2. The molecule has 0 aliphatic heterocycles. The van der Waals surface area contributed by atoms with Crippen molar-refractivity contribution >= 4 is 11.8 Å². The molecule has 0 aliphatic rings. The number of ketones is 1. The molecule has 0 aliphatic carbocycles. The summed E-state index contributed by atoms with van der Waals surface area (Å²) in [7, 11) is 1.30. The summed E-state index contributed by atoms with van der Waals surface area (Å²) < 4.78 is 4.68. The second-order valence-corrected chi connectivity index (χ2v) is 4.17. The fraction of sp³-hybridized carbons (Fsp3) is 0.125. The summed E-state index contributed by atoms with van der Waals surface area (Å²) in [4.78, 5) is 23.3. The van der Waals surface area contributed by atoms with Crippen LogP contribution < -0.4 is 0 Å². The van der Waals surface area contributed by atoms with Crippen molar-refractivity contribution in [2.75, 3.05) is 7.11 Å². The third-order valence-corrected chi connectivity index (χ3v) is 2.91. The van der Waals surface area contributed by atoms with Crippen molar-refractivity contribution in [3.63, 3.8) is 0 Å². The van der Waals surface area contributed by atoms with Crippen LogP contribution in [0.2, 0.25) is 0 Å². The van der Waals surface area contributed by atoms with Crippen molar-refractivity contribution in [3.8, 4) is 11.1 Å². The van der Waals surface area contributed by atoms with Crippen LogP contribution in [-0.2, 0) is 4.74 Å². The summed E-state index contributed by atoms with van der Waals surface area (Å²) in [6.07, 6.45) is 0. The number of carbonyl (C=O) groups is 2. The van der Waals surface area contributed by atoms with Crippen LogP contribution in [0, 0.1) is 0 Å². The molecule has 0 spiro atoms. The molecule has 3 nitrogen and oxygen atoms in total. The Morgan fingerprint density at radius 1 is 0.895 bits per heavy atom. The molecule has 2 aromatic carbocycles. The zero-order valence-electron chi connectivity index (χ0n) is 10.8. The predicted octanol–water partition coefficient (Wildman–Crippen LogP) is 3.34. The molecule has 0 amide bonds. The monoisotopic (exact) mass is 254 g/mol. The van der Waals surface area contributed by atoms with Gasteiger partial charge in [-0.15, -0.1) is 0 Å². The molecule has 0 fully saturated rings. The van der Waals surface area contributed by atoms with Gasteiger partial charge in [-0.1, -0.05) is 36.4 Å². The minimum absolute atomic E-state index is 0.154. The molecule has 0 heterocycles. The molecule has 0 N–H and O–H groups in total. The van der Waals surface area contributed by atoms with Crippen molar-refractivity contribution in [1.29, 1.82) is 0 Å². The maximum Gasteiger partial charge on any atom is 0.338 e. The number of rotatable bonds is 3. The van der Waals surface area contributed by atoms with Crippen molar-refractivity contribution in [2.45, 2.75) is 6.92 Å². The van der Waals surface area contributed by atoms with E-state index in [-0.39, 0.29) is 5.78 Å². The van der Waals surface area contributed by atoms with Crippen LogP contribution in [0.15, 0.2) is 48.5 Å². The molecular formula is C16H14O3. The molecule has 0 atom stereocenters. The topological polar surface area (TPSA) is 43.4 Å². The molecule has 0 saturated heterocycles. The number of esters is 1. The second kappa shape index (κ2) is 5.48. The van der Waals surface area contributed by atoms with Gasteiger partial charge in [0.15, 0.2) is 5.78 Å². The van der Waals surface area contributed by atoms with Gasteiger partial charge in [0.25, 0.3) is 0 Å². The molecule has 2 rings (SSSR count). The van der Waals surface area contributed by atoms with Crippen LogP contribution in [0.1, 0.15) is 27.6 Å². The van der Waals surface area contributed by atoms with E-state index >= 15 is 0 Å². The van der Waals surface area contributed by atoms with Gasteiger partial charge in [-0.2, -0.15) is 0 Å². The van der Waals surface area contributed by atoms with Crippen molar-refractivity contribution in [3.05, 3.63) is 59.7 Å². The van der Waals surface area contributed by atoms with Crippen LogP contribution in [-0.4, -0.2) is 18.9 Å². The minimum atomic E-state index is -0.496. The first-order chi connectivity index (χ1) is 9.13. The van der Waals surface area contributed by atoms with E-state index < -0.39 is 5.97 Å². The van der Waals surface area contributed by atoms with Gasteiger partial charge in [0.05, 0.1) is 12.7 Å². The van der Waals surface area contributed by atoms with E-state index in [1.54, 1.807) is 12.1 Å². The summed E-state index contributed by atoms with van der Waals surface area (Å²) >= 11 is 0. The van der Waals surface area contributed by atoms with E-state index in [1.165, 1.54) is 14.0 Å². The first kappa shape index (κ1) is 13.0. The first-order valence-electron chi connectivity index (χ1n) is 5.92. The highest BCUT2D eigenvalue weighted by Gasteiger charge is 2.15. The lowest BCUT2D eigenvalue weighted by Gasteiger charge is -2.08. The molecule has 0 radical (unpaired) electrons. The first-order valence-corrected chi connectivity index (χ1v) is 5.92. The minimum Gasteiger partial charge on any atom is -0.465 e. The number of Topliss-reactive ketones (excluding diaryl/α,β-unsaturated/α-hetero) is 1. The Morgan fingerprint density at radius 2 is 1.58 bits per heavy atom. The molecule has 3 heteroatoms. The molecule has 0 bridgehead atoms. The zero-order valence-corrected chi connectivity index (χ0v) is 10.8. The van der Waals surface area contributed by atoms with Crippen LogP contribution in [0.5, 0.6) is 0 Å². The normalized spacial score (nSPS) is 10.0. The van der Waals surface area contributed by atoms with Gasteiger partial charge in [0.2, 0.25) is 0 Å². The summed E-state index contributed by atoms with van der Waals surface area (Å²) in [5, 5.41) is 0. The highest BCUT2D eigenvalue weighted by atomic mass is 16.5.